The molecule has 2 aliphatic rings. The van der Waals surface area contributed by atoms with Gasteiger partial charge >= 0.3 is 12.2 Å². The zero-order valence-corrected chi connectivity index (χ0v) is 19.9. The molecule has 0 radical (unpaired) electrons. The molecule has 2 aromatic rings. The number of nitrogens with zero attached hydrogens (tertiary/aromatic N) is 4. The Morgan fingerprint density at radius 2 is 2.14 bits per heavy atom. The zero-order chi connectivity index (χ0) is 25.3. The predicted molar refractivity (Wildman–Crippen MR) is 120 cm³/mol. The van der Waals surface area contributed by atoms with Gasteiger partial charge in [-0.05, 0) is 18.2 Å². The summed E-state index contributed by atoms with van der Waals surface area (Å²) in [7, 11) is 1.42. The van der Waals surface area contributed by atoms with E-state index in [1.54, 1.807) is 0 Å². The van der Waals surface area contributed by atoms with Gasteiger partial charge in [0.25, 0.3) is 5.91 Å². The Bertz CT molecular complexity index is 1130. The summed E-state index contributed by atoms with van der Waals surface area (Å²) in [5.74, 6) is -2.14. The molecule has 3 heterocycles. The van der Waals surface area contributed by atoms with E-state index in [1.165, 1.54) is 28.8 Å². The van der Waals surface area contributed by atoms with Crippen molar-refractivity contribution in [1.29, 1.82) is 0 Å². The van der Waals surface area contributed by atoms with E-state index in [2.05, 4.69) is 15.1 Å². The number of fused-ring (bicyclic) bond motifs is 3. The van der Waals surface area contributed by atoms with Gasteiger partial charge in [-0.15, -0.1) is 0 Å². The van der Waals surface area contributed by atoms with E-state index in [4.69, 9.17) is 16.4 Å². The molecule has 1 unspecified atom stereocenters. The van der Waals surface area contributed by atoms with Crippen LogP contribution in [0.15, 0.2) is 18.2 Å². The number of rotatable bonds is 5. The van der Waals surface area contributed by atoms with Crippen molar-refractivity contribution in [1.82, 2.24) is 24.5 Å². The molecule has 1 aromatic heterocycles. The zero-order valence-electron chi connectivity index (χ0n) is 18.4. The molecule has 2 N–H and O–H groups in total. The number of benzene rings is 1. The minimum atomic E-state index is -4.30. The first-order chi connectivity index (χ1) is 16.5. The van der Waals surface area contributed by atoms with Crippen LogP contribution in [0.5, 0.6) is 0 Å². The molecule has 0 spiro atoms. The Labute approximate surface area is 206 Å². The molecule has 0 fully saturated rings. The van der Waals surface area contributed by atoms with Gasteiger partial charge in [0.05, 0.1) is 23.8 Å². The summed E-state index contributed by atoms with van der Waals surface area (Å²) in [5, 5.41) is 8.07. The number of hydrogen-bond donors (Lipinski definition) is 2. The third-order valence-electron chi connectivity index (χ3n) is 5.38. The second-order valence-electron chi connectivity index (χ2n) is 7.97. The van der Waals surface area contributed by atoms with Crippen LogP contribution in [0.3, 0.4) is 0 Å². The summed E-state index contributed by atoms with van der Waals surface area (Å²) in [4.78, 5) is 32.9. The van der Waals surface area contributed by atoms with Crippen LogP contribution >= 0.6 is 23.5 Å². The van der Waals surface area contributed by atoms with Crippen LogP contribution in [-0.4, -0.2) is 69.9 Å². The highest BCUT2D eigenvalue weighted by atomic mass is 35.5. The van der Waals surface area contributed by atoms with E-state index in [0.717, 1.165) is 11.1 Å². The van der Waals surface area contributed by atoms with Gasteiger partial charge in [-0.1, -0.05) is 23.5 Å². The van der Waals surface area contributed by atoms with Gasteiger partial charge < -0.3 is 10.2 Å². The van der Waals surface area contributed by atoms with E-state index >= 15 is 0 Å². The fourth-order valence-electron chi connectivity index (χ4n) is 3.78. The molecule has 2 aliphatic heterocycles. The van der Waals surface area contributed by atoms with Gasteiger partial charge in [-0.3, -0.25) is 19.0 Å². The first kappa shape index (κ1) is 25.5. The number of carbonyl (C=O) groups excluding carboxylic acids is 2. The molecule has 1 aromatic carbocycles. The first-order valence-electron chi connectivity index (χ1n) is 10.5. The molecule has 9 nitrogen and oxygen atoms in total. The summed E-state index contributed by atoms with van der Waals surface area (Å²) in [6, 6.07) is 3.38. The van der Waals surface area contributed by atoms with Gasteiger partial charge in [-0.25, -0.2) is 14.2 Å². The number of hydroxylamine groups is 2. The lowest BCUT2D eigenvalue weighted by Crippen LogP contribution is -2.40. The van der Waals surface area contributed by atoms with Crippen molar-refractivity contribution in [3.05, 3.63) is 46.0 Å². The van der Waals surface area contributed by atoms with Crippen molar-refractivity contribution in [2.75, 3.05) is 31.2 Å². The lowest BCUT2D eigenvalue weighted by Gasteiger charge is -2.27. The number of anilines is 1. The molecule has 0 saturated heterocycles. The van der Waals surface area contributed by atoms with Crippen LogP contribution in [0.4, 0.5) is 28.0 Å². The molecule has 0 aliphatic carbocycles. The quantitative estimate of drug-likeness (QED) is 0.345. The summed E-state index contributed by atoms with van der Waals surface area (Å²) in [6.45, 7) is 0.633. The molecule has 0 saturated carbocycles. The minimum absolute atomic E-state index is 0.0527. The number of urea groups is 1. The molecule has 3 amide bonds. The maximum atomic E-state index is 13.4. The molecular formula is C20H21ClF4N6O3S. The third-order valence-corrected chi connectivity index (χ3v) is 6.51. The van der Waals surface area contributed by atoms with Crippen LogP contribution in [0.2, 0.25) is 5.02 Å². The highest BCUT2D eigenvalue weighted by Gasteiger charge is 2.35. The number of aromatic nitrogens is 2. The predicted octanol–water partition coefficient (Wildman–Crippen LogP) is 3.45. The number of nitrogens with one attached hydrogen (secondary N) is 2. The standard InChI is InChI=1S/C20H21ClF4N6O3S/c1-29-18(32)17-13-9-30(19(33)27-11-2-3-15(22)14(21)6-11)5-4-16(13)28-31(17)8-12(34-29)7-26-35-10-20(23,24)25/h2-3,6,12,26H,4-5,7-10H2,1H3,(H,27,33). The first-order valence-corrected chi connectivity index (χ1v) is 11.8. The average molecular weight is 537 g/mol. The molecule has 190 valence electrons. The van der Waals surface area contributed by atoms with E-state index in [1.807, 2.05) is 0 Å². The summed E-state index contributed by atoms with van der Waals surface area (Å²) < 4.78 is 54.6. The van der Waals surface area contributed by atoms with Crippen LogP contribution in [0.1, 0.15) is 21.7 Å². The molecule has 0 bridgehead atoms. The highest BCUT2D eigenvalue weighted by molar-refractivity contribution is 7.97. The lowest BCUT2D eigenvalue weighted by molar-refractivity contribution is -0.145. The normalized spacial score (nSPS) is 18.2. The van der Waals surface area contributed by atoms with Gasteiger partial charge in [-0.2, -0.15) is 18.3 Å². The molecule has 15 heteroatoms. The topological polar surface area (TPSA) is 91.7 Å². The van der Waals surface area contributed by atoms with Crippen molar-refractivity contribution in [2.45, 2.75) is 31.8 Å². The Morgan fingerprint density at radius 3 is 2.86 bits per heavy atom. The summed E-state index contributed by atoms with van der Waals surface area (Å²) >= 11 is 6.28. The second-order valence-corrected chi connectivity index (χ2v) is 9.24. The summed E-state index contributed by atoms with van der Waals surface area (Å²) in [5.41, 5.74) is 1.82. The van der Waals surface area contributed by atoms with Gasteiger partial charge in [0.15, 0.2) is 0 Å². The molecule has 1 atom stereocenters. The number of halogens is 5. The largest absolute Gasteiger partial charge is 0.399 e. The maximum Gasteiger partial charge on any atom is 0.399 e. The van der Waals surface area contributed by atoms with Crippen molar-refractivity contribution in [3.63, 3.8) is 0 Å². The van der Waals surface area contributed by atoms with E-state index in [9.17, 15) is 27.2 Å². The molecule has 4 rings (SSSR count). The number of amides is 3. The monoisotopic (exact) mass is 536 g/mol. The fourth-order valence-corrected chi connectivity index (χ4v) is 4.53. The van der Waals surface area contributed by atoms with E-state index < -0.39 is 35.8 Å². The van der Waals surface area contributed by atoms with E-state index in [-0.39, 0.29) is 30.4 Å². The molecular weight excluding hydrogens is 516 g/mol. The number of alkyl halides is 3. The van der Waals surface area contributed by atoms with Gasteiger partial charge in [0, 0.05) is 37.8 Å². The minimum Gasteiger partial charge on any atom is -0.320 e. The Kier molecular flexibility index (Phi) is 7.45. The SMILES string of the molecule is CN1OC(CNSCC(F)(F)F)Cn2nc3c(c2C1=O)CN(C(=O)Nc1ccc(F)c(Cl)c1)CC3. The van der Waals surface area contributed by atoms with Crippen LogP contribution in [0.25, 0.3) is 0 Å². The van der Waals surface area contributed by atoms with Crippen molar-refractivity contribution >= 4 is 41.2 Å². The lowest BCUT2D eigenvalue weighted by atomic mass is 10.1. The van der Waals surface area contributed by atoms with Crippen molar-refractivity contribution in [2.24, 2.45) is 0 Å². The highest BCUT2D eigenvalue weighted by Crippen LogP contribution is 2.27. The Morgan fingerprint density at radius 1 is 1.37 bits per heavy atom. The average Bonchev–Trinajstić information content (AvgIpc) is 3.09. The third kappa shape index (κ3) is 6.00. The van der Waals surface area contributed by atoms with Crippen LogP contribution in [0, 0.1) is 5.82 Å². The number of carbonyl (C=O) groups is 2. The van der Waals surface area contributed by atoms with Crippen LogP contribution in [-0.2, 0) is 24.3 Å². The van der Waals surface area contributed by atoms with Crippen molar-refractivity contribution in [3.8, 4) is 0 Å². The Balaban J connectivity index is 1.46. The van der Waals surface area contributed by atoms with Gasteiger partial charge in [0.1, 0.15) is 23.4 Å². The van der Waals surface area contributed by atoms with E-state index in [0.29, 0.717) is 41.9 Å². The fraction of sp³-hybridized carbons (Fsp3) is 0.450. The second kappa shape index (κ2) is 10.2. The smallest absolute Gasteiger partial charge is 0.320 e. The molecule has 35 heavy (non-hydrogen) atoms. The number of hydrogen-bond acceptors (Lipinski definition) is 6. The van der Waals surface area contributed by atoms with Gasteiger partial charge in [0.2, 0.25) is 0 Å². The maximum absolute atomic E-state index is 13.4. The van der Waals surface area contributed by atoms with Crippen molar-refractivity contribution < 1.29 is 32.0 Å². The van der Waals surface area contributed by atoms with Crippen LogP contribution < -0.4 is 10.0 Å². The Hall–Kier alpha value is -2.55. The summed E-state index contributed by atoms with van der Waals surface area (Å²) in [6.07, 6.45) is -4.55.